The van der Waals surface area contributed by atoms with Crippen LogP contribution in [-0.4, -0.2) is 70.5 Å². The Bertz CT molecular complexity index is 589. The van der Waals surface area contributed by atoms with Crippen molar-refractivity contribution in [3.63, 3.8) is 0 Å². The molecule has 0 radical (unpaired) electrons. The van der Waals surface area contributed by atoms with Crippen LogP contribution in [0.3, 0.4) is 0 Å². The second kappa shape index (κ2) is 11.7. The summed E-state index contributed by atoms with van der Waals surface area (Å²) in [6.45, 7) is 13.2. The molecule has 1 unspecified atom stereocenters. The molecule has 1 atom stereocenters. The van der Waals surface area contributed by atoms with E-state index >= 15 is 0 Å². The van der Waals surface area contributed by atoms with Gasteiger partial charge in [-0.2, -0.15) is 0 Å². The molecule has 1 aromatic rings. The van der Waals surface area contributed by atoms with Crippen LogP contribution in [0.5, 0.6) is 11.5 Å². The first-order valence-corrected chi connectivity index (χ1v) is 9.82. The predicted octanol–water partition coefficient (Wildman–Crippen LogP) is 2.44. The SMILES string of the molecule is CCNC(=NCC(C)CN1CCOCC1)Nc1ccc(OC)c(OCC)c1. The van der Waals surface area contributed by atoms with Crippen molar-refractivity contribution in [1.82, 2.24) is 10.2 Å². The number of nitrogens with one attached hydrogen (secondary N) is 2. The van der Waals surface area contributed by atoms with Crippen LogP contribution in [0.25, 0.3) is 0 Å². The molecule has 1 aliphatic rings. The Morgan fingerprint density at radius 1 is 1.26 bits per heavy atom. The molecule has 0 aliphatic carbocycles. The van der Waals surface area contributed by atoms with Crippen molar-refractivity contribution in [3.8, 4) is 11.5 Å². The van der Waals surface area contributed by atoms with E-state index in [1.165, 1.54) is 0 Å². The van der Waals surface area contributed by atoms with Gasteiger partial charge in [0.25, 0.3) is 0 Å². The van der Waals surface area contributed by atoms with Crippen molar-refractivity contribution in [2.45, 2.75) is 20.8 Å². The standard InChI is InChI=1S/C20H34N4O3/c1-5-21-20(22-14-16(3)15-24-9-11-26-12-10-24)23-17-7-8-18(25-4)19(13-17)27-6-2/h7-8,13,16H,5-6,9-12,14-15H2,1-4H3,(H2,21,22,23). The molecule has 0 saturated carbocycles. The molecular weight excluding hydrogens is 344 g/mol. The molecule has 7 nitrogen and oxygen atoms in total. The summed E-state index contributed by atoms with van der Waals surface area (Å²) in [7, 11) is 1.65. The molecule has 2 rings (SSSR count). The van der Waals surface area contributed by atoms with Gasteiger partial charge in [-0.3, -0.25) is 9.89 Å². The van der Waals surface area contributed by atoms with Gasteiger partial charge in [-0.15, -0.1) is 0 Å². The third kappa shape index (κ3) is 7.27. The number of morpholine rings is 1. The van der Waals surface area contributed by atoms with E-state index < -0.39 is 0 Å². The molecule has 0 spiro atoms. The number of ether oxygens (including phenoxy) is 3. The molecule has 1 aliphatic heterocycles. The zero-order valence-electron chi connectivity index (χ0n) is 17.1. The highest BCUT2D eigenvalue weighted by molar-refractivity contribution is 5.93. The smallest absolute Gasteiger partial charge is 0.195 e. The predicted molar refractivity (Wildman–Crippen MR) is 110 cm³/mol. The lowest BCUT2D eigenvalue weighted by Gasteiger charge is -2.28. The van der Waals surface area contributed by atoms with E-state index in [1.807, 2.05) is 25.1 Å². The molecule has 0 bridgehead atoms. The van der Waals surface area contributed by atoms with Gasteiger partial charge in [0.15, 0.2) is 17.5 Å². The van der Waals surface area contributed by atoms with Crippen molar-refractivity contribution in [2.24, 2.45) is 10.9 Å². The van der Waals surface area contributed by atoms with Gasteiger partial charge in [0.05, 0.1) is 26.9 Å². The highest BCUT2D eigenvalue weighted by Crippen LogP contribution is 2.30. The van der Waals surface area contributed by atoms with Crippen molar-refractivity contribution in [1.29, 1.82) is 0 Å². The average Bonchev–Trinajstić information content (AvgIpc) is 2.68. The maximum atomic E-state index is 5.65. The fraction of sp³-hybridized carbons (Fsp3) is 0.650. The minimum absolute atomic E-state index is 0.480. The monoisotopic (exact) mass is 378 g/mol. The zero-order chi connectivity index (χ0) is 19.5. The first kappa shape index (κ1) is 21.3. The Hall–Kier alpha value is -1.99. The Balaban J connectivity index is 1.96. The molecule has 152 valence electrons. The van der Waals surface area contributed by atoms with Crippen molar-refractivity contribution >= 4 is 11.6 Å². The second-order valence-electron chi connectivity index (χ2n) is 6.66. The normalized spacial score (nSPS) is 16.7. The molecule has 1 aromatic carbocycles. The molecule has 27 heavy (non-hydrogen) atoms. The molecule has 0 amide bonds. The topological polar surface area (TPSA) is 67.4 Å². The van der Waals surface area contributed by atoms with Gasteiger partial charge >= 0.3 is 0 Å². The first-order valence-electron chi connectivity index (χ1n) is 9.82. The molecule has 7 heteroatoms. The molecule has 2 N–H and O–H groups in total. The maximum absolute atomic E-state index is 5.65. The highest BCUT2D eigenvalue weighted by Gasteiger charge is 2.14. The van der Waals surface area contributed by atoms with E-state index in [4.69, 9.17) is 19.2 Å². The second-order valence-corrected chi connectivity index (χ2v) is 6.66. The van der Waals surface area contributed by atoms with E-state index in [0.29, 0.717) is 12.5 Å². The number of methoxy groups -OCH3 is 1. The van der Waals surface area contributed by atoms with E-state index in [-0.39, 0.29) is 0 Å². The van der Waals surface area contributed by atoms with Crippen LogP contribution in [0.1, 0.15) is 20.8 Å². The molecule has 1 heterocycles. The van der Waals surface area contributed by atoms with E-state index in [1.54, 1.807) is 7.11 Å². The Morgan fingerprint density at radius 3 is 2.70 bits per heavy atom. The molecule has 1 fully saturated rings. The largest absolute Gasteiger partial charge is 0.493 e. The first-order chi connectivity index (χ1) is 13.2. The third-order valence-electron chi connectivity index (χ3n) is 4.31. The molecular formula is C20H34N4O3. The van der Waals surface area contributed by atoms with Crippen molar-refractivity contribution in [3.05, 3.63) is 18.2 Å². The third-order valence-corrected chi connectivity index (χ3v) is 4.31. The Kier molecular flexibility index (Phi) is 9.21. The van der Waals surface area contributed by atoms with Crippen molar-refractivity contribution < 1.29 is 14.2 Å². The van der Waals surface area contributed by atoms with Gasteiger partial charge in [0.2, 0.25) is 0 Å². The van der Waals surface area contributed by atoms with E-state index in [2.05, 4.69) is 29.4 Å². The van der Waals surface area contributed by atoms with Crippen LogP contribution in [0.4, 0.5) is 5.69 Å². The summed E-state index contributed by atoms with van der Waals surface area (Å²) in [5.41, 5.74) is 0.916. The van der Waals surface area contributed by atoms with Gasteiger partial charge in [-0.1, -0.05) is 6.92 Å². The van der Waals surface area contributed by atoms with Gasteiger partial charge in [-0.05, 0) is 31.9 Å². The van der Waals surface area contributed by atoms with E-state index in [9.17, 15) is 0 Å². The summed E-state index contributed by atoms with van der Waals surface area (Å²) in [5.74, 6) is 2.71. The van der Waals surface area contributed by atoms with Crippen molar-refractivity contribution in [2.75, 3.05) is 65.0 Å². The maximum Gasteiger partial charge on any atom is 0.195 e. The number of hydrogen-bond donors (Lipinski definition) is 2. The van der Waals surface area contributed by atoms with Crippen LogP contribution in [0, 0.1) is 5.92 Å². The quantitative estimate of drug-likeness (QED) is 0.508. The number of aliphatic imine (C=N–C) groups is 1. The lowest BCUT2D eigenvalue weighted by Crippen LogP contribution is -2.39. The summed E-state index contributed by atoms with van der Waals surface area (Å²) in [6, 6.07) is 5.80. The van der Waals surface area contributed by atoms with Gasteiger partial charge in [0.1, 0.15) is 0 Å². The number of guanidine groups is 1. The van der Waals surface area contributed by atoms with E-state index in [0.717, 1.165) is 69.1 Å². The summed E-state index contributed by atoms with van der Waals surface area (Å²) in [5, 5.41) is 6.66. The number of hydrogen-bond acceptors (Lipinski definition) is 5. The van der Waals surface area contributed by atoms with Gasteiger partial charge in [0, 0.05) is 44.5 Å². The van der Waals surface area contributed by atoms with Gasteiger partial charge in [-0.25, -0.2) is 0 Å². The van der Waals surface area contributed by atoms with Crippen LogP contribution in [-0.2, 0) is 4.74 Å². The fourth-order valence-corrected chi connectivity index (χ4v) is 3.00. The molecule has 1 saturated heterocycles. The lowest BCUT2D eigenvalue weighted by atomic mass is 10.1. The Labute approximate surface area is 163 Å². The summed E-state index contributed by atoms with van der Waals surface area (Å²) in [4.78, 5) is 7.20. The minimum atomic E-state index is 0.480. The Morgan fingerprint density at radius 2 is 2.04 bits per heavy atom. The average molecular weight is 379 g/mol. The van der Waals surface area contributed by atoms with Crippen LogP contribution < -0.4 is 20.1 Å². The number of nitrogens with zero attached hydrogens (tertiary/aromatic N) is 2. The molecule has 0 aromatic heterocycles. The van der Waals surface area contributed by atoms with Crippen LogP contribution >= 0.6 is 0 Å². The van der Waals surface area contributed by atoms with Crippen LogP contribution in [0.15, 0.2) is 23.2 Å². The number of rotatable bonds is 9. The van der Waals surface area contributed by atoms with Crippen LogP contribution in [0.2, 0.25) is 0 Å². The number of anilines is 1. The van der Waals surface area contributed by atoms with Gasteiger partial charge < -0.3 is 24.8 Å². The highest BCUT2D eigenvalue weighted by atomic mass is 16.5. The zero-order valence-corrected chi connectivity index (χ0v) is 17.1. The lowest BCUT2D eigenvalue weighted by molar-refractivity contribution is 0.0323. The fourth-order valence-electron chi connectivity index (χ4n) is 3.00. The minimum Gasteiger partial charge on any atom is -0.493 e. The number of benzene rings is 1. The summed E-state index contributed by atoms with van der Waals surface area (Å²) >= 11 is 0. The summed E-state index contributed by atoms with van der Waals surface area (Å²) < 4.78 is 16.4. The summed E-state index contributed by atoms with van der Waals surface area (Å²) in [6.07, 6.45) is 0.